The molecule has 2 N–H and O–H groups in total. The van der Waals surface area contributed by atoms with E-state index in [9.17, 15) is 4.79 Å². The van der Waals surface area contributed by atoms with Crippen LogP contribution in [0.1, 0.15) is 25.7 Å². The fourth-order valence-corrected chi connectivity index (χ4v) is 3.43. The number of nitrogens with zero attached hydrogens (tertiary/aromatic N) is 1. The molecule has 15 heavy (non-hydrogen) atoms. The van der Waals surface area contributed by atoms with E-state index in [0.717, 1.165) is 32.6 Å². The van der Waals surface area contributed by atoms with Crippen molar-refractivity contribution in [3.05, 3.63) is 0 Å². The zero-order valence-electron chi connectivity index (χ0n) is 9.09. The molecule has 0 aromatic rings. The lowest BCUT2D eigenvalue weighted by Crippen LogP contribution is -2.68. The second-order valence-electron chi connectivity index (χ2n) is 5.04. The summed E-state index contributed by atoms with van der Waals surface area (Å²) in [6.07, 6.45) is 4.61. The van der Waals surface area contributed by atoms with Crippen LogP contribution in [0.5, 0.6) is 0 Å². The Morgan fingerprint density at radius 1 is 1.33 bits per heavy atom. The summed E-state index contributed by atoms with van der Waals surface area (Å²) in [5.74, 6) is 0.261. The van der Waals surface area contributed by atoms with Crippen LogP contribution in [0.2, 0.25) is 0 Å². The topological polar surface area (TPSA) is 44.4 Å². The van der Waals surface area contributed by atoms with Gasteiger partial charge in [-0.3, -0.25) is 9.69 Å². The number of piperazine rings is 1. The van der Waals surface area contributed by atoms with Gasteiger partial charge in [-0.1, -0.05) is 0 Å². The zero-order valence-corrected chi connectivity index (χ0v) is 9.09. The van der Waals surface area contributed by atoms with E-state index >= 15 is 0 Å². The second-order valence-corrected chi connectivity index (χ2v) is 5.04. The van der Waals surface area contributed by atoms with Crippen molar-refractivity contribution in [1.82, 2.24) is 15.5 Å². The van der Waals surface area contributed by atoms with E-state index in [1.54, 1.807) is 0 Å². The molecule has 4 nitrogen and oxygen atoms in total. The molecule has 1 spiro atoms. The minimum Gasteiger partial charge on any atom is -0.353 e. The highest BCUT2D eigenvalue weighted by molar-refractivity contribution is 5.83. The predicted molar refractivity (Wildman–Crippen MR) is 57.6 cm³/mol. The van der Waals surface area contributed by atoms with Crippen molar-refractivity contribution in [2.24, 2.45) is 0 Å². The molecule has 1 amide bonds. The Kier molecular flexibility index (Phi) is 2.21. The number of hydrogen-bond donors (Lipinski definition) is 2. The van der Waals surface area contributed by atoms with Gasteiger partial charge in [-0.25, -0.2) is 0 Å². The number of carbonyl (C=O) groups is 1. The molecular weight excluding hydrogens is 190 g/mol. The van der Waals surface area contributed by atoms with Crippen molar-refractivity contribution >= 4 is 5.91 Å². The number of amides is 1. The molecule has 1 atom stereocenters. The fraction of sp³-hybridized carbons (Fsp3) is 0.909. The molecule has 0 radical (unpaired) electrons. The lowest BCUT2D eigenvalue weighted by molar-refractivity contribution is -0.134. The van der Waals surface area contributed by atoms with Crippen LogP contribution in [0, 0.1) is 0 Å². The van der Waals surface area contributed by atoms with Gasteiger partial charge < -0.3 is 10.6 Å². The molecule has 84 valence electrons. The molecule has 3 fully saturated rings. The molecule has 0 bridgehead atoms. The third-order valence-electron chi connectivity index (χ3n) is 4.29. The summed E-state index contributed by atoms with van der Waals surface area (Å²) in [7, 11) is 0. The van der Waals surface area contributed by atoms with E-state index in [1.807, 2.05) is 0 Å². The van der Waals surface area contributed by atoms with Crippen molar-refractivity contribution in [1.29, 1.82) is 0 Å². The van der Waals surface area contributed by atoms with E-state index < -0.39 is 0 Å². The normalized spacial score (nSPS) is 35.2. The first-order chi connectivity index (χ1) is 7.32. The first kappa shape index (κ1) is 9.60. The van der Waals surface area contributed by atoms with Gasteiger partial charge in [0, 0.05) is 12.1 Å². The molecule has 3 rings (SSSR count). The van der Waals surface area contributed by atoms with Gasteiger partial charge in [-0.15, -0.1) is 0 Å². The molecule has 0 aromatic heterocycles. The smallest absolute Gasteiger partial charge is 0.237 e. The zero-order chi connectivity index (χ0) is 10.3. The van der Waals surface area contributed by atoms with Gasteiger partial charge in [0.25, 0.3) is 0 Å². The number of nitrogens with one attached hydrogen (secondary N) is 2. The van der Waals surface area contributed by atoms with Gasteiger partial charge in [0.15, 0.2) is 0 Å². The molecule has 3 saturated heterocycles. The van der Waals surface area contributed by atoms with Crippen molar-refractivity contribution < 1.29 is 4.79 Å². The Morgan fingerprint density at radius 3 is 2.93 bits per heavy atom. The van der Waals surface area contributed by atoms with Crippen LogP contribution >= 0.6 is 0 Å². The summed E-state index contributed by atoms with van der Waals surface area (Å²) < 4.78 is 0. The number of hydrogen-bond acceptors (Lipinski definition) is 3. The van der Waals surface area contributed by atoms with Crippen molar-refractivity contribution in [2.75, 3.05) is 26.2 Å². The van der Waals surface area contributed by atoms with Gasteiger partial charge in [-0.05, 0) is 45.3 Å². The lowest BCUT2D eigenvalue weighted by Gasteiger charge is -2.50. The first-order valence-corrected chi connectivity index (χ1v) is 6.07. The highest BCUT2D eigenvalue weighted by Crippen LogP contribution is 2.35. The highest BCUT2D eigenvalue weighted by atomic mass is 16.2. The molecule has 3 aliphatic rings. The lowest BCUT2D eigenvalue weighted by atomic mass is 9.83. The monoisotopic (exact) mass is 209 g/mol. The Bertz CT molecular complexity index is 273. The van der Waals surface area contributed by atoms with E-state index in [2.05, 4.69) is 15.5 Å². The largest absolute Gasteiger partial charge is 0.353 e. The number of piperidine rings is 1. The number of rotatable bonds is 0. The van der Waals surface area contributed by atoms with Crippen LogP contribution in [0.3, 0.4) is 0 Å². The second kappa shape index (κ2) is 3.46. The Balaban J connectivity index is 1.86. The average molecular weight is 209 g/mol. The summed E-state index contributed by atoms with van der Waals surface area (Å²) in [6.45, 7) is 4.18. The summed E-state index contributed by atoms with van der Waals surface area (Å²) in [4.78, 5) is 14.2. The Hall–Kier alpha value is -0.610. The average Bonchev–Trinajstić information content (AvgIpc) is 2.76. The maximum atomic E-state index is 11.7. The molecule has 4 heteroatoms. The standard InChI is InChI=1S/C11H19N3O/c15-10-9-2-1-7-14(9)11(8-13-10)3-5-12-6-4-11/h9,12H,1-8H2,(H,13,15)/t9-/m0/s1. The summed E-state index contributed by atoms with van der Waals surface area (Å²) in [6, 6.07) is 0.178. The third-order valence-corrected chi connectivity index (χ3v) is 4.29. The minimum absolute atomic E-state index is 0.178. The SMILES string of the molecule is O=C1NCC2(CCNCC2)N2CCC[C@@H]12. The number of fused-ring (bicyclic) bond motifs is 2. The Morgan fingerprint density at radius 2 is 2.13 bits per heavy atom. The molecular formula is C11H19N3O. The van der Waals surface area contributed by atoms with Crippen LogP contribution in [-0.2, 0) is 4.79 Å². The summed E-state index contributed by atoms with van der Waals surface area (Å²) in [5, 5.41) is 6.51. The van der Waals surface area contributed by atoms with Crippen LogP contribution in [0.15, 0.2) is 0 Å². The third kappa shape index (κ3) is 1.39. The Labute approximate surface area is 90.4 Å². The van der Waals surface area contributed by atoms with Gasteiger partial charge in [0.2, 0.25) is 5.91 Å². The van der Waals surface area contributed by atoms with E-state index in [4.69, 9.17) is 0 Å². The summed E-state index contributed by atoms with van der Waals surface area (Å²) in [5.41, 5.74) is 0.278. The quantitative estimate of drug-likeness (QED) is 0.576. The van der Waals surface area contributed by atoms with E-state index in [0.29, 0.717) is 0 Å². The van der Waals surface area contributed by atoms with Gasteiger partial charge in [0.05, 0.1) is 6.04 Å². The molecule has 3 heterocycles. The maximum Gasteiger partial charge on any atom is 0.237 e. The van der Waals surface area contributed by atoms with Crippen LogP contribution < -0.4 is 10.6 Å². The molecule has 0 saturated carbocycles. The number of carbonyl (C=O) groups excluding carboxylic acids is 1. The molecule has 0 aliphatic carbocycles. The summed E-state index contributed by atoms with van der Waals surface area (Å²) >= 11 is 0. The highest BCUT2D eigenvalue weighted by Gasteiger charge is 2.48. The van der Waals surface area contributed by atoms with Crippen molar-refractivity contribution in [3.63, 3.8) is 0 Å². The fourth-order valence-electron chi connectivity index (χ4n) is 3.43. The molecule has 0 unspecified atom stereocenters. The van der Waals surface area contributed by atoms with Gasteiger partial charge in [-0.2, -0.15) is 0 Å². The van der Waals surface area contributed by atoms with E-state index in [-0.39, 0.29) is 17.5 Å². The van der Waals surface area contributed by atoms with Crippen molar-refractivity contribution in [2.45, 2.75) is 37.3 Å². The van der Waals surface area contributed by atoms with Crippen molar-refractivity contribution in [3.8, 4) is 0 Å². The first-order valence-electron chi connectivity index (χ1n) is 6.07. The maximum absolute atomic E-state index is 11.7. The molecule has 3 aliphatic heterocycles. The van der Waals surface area contributed by atoms with Crippen LogP contribution in [0.4, 0.5) is 0 Å². The van der Waals surface area contributed by atoms with Gasteiger partial charge in [0.1, 0.15) is 0 Å². The molecule has 0 aromatic carbocycles. The minimum atomic E-state index is 0.178. The van der Waals surface area contributed by atoms with Crippen LogP contribution in [0.25, 0.3) is 0 Å². The van der Waals surface area contributed by atoms with Crippen LogP contribution in [-0.4, -0.2) is 48.6 Å². The van der Waals surface area contributed by atoms with E-state index in [1.165, 1.54) is 19.3 Å². The predicted octanol–water partition coefficient (Wildman–Crippen LogP) is -0.297. The van der Waals surface area contributed by atoms with Gasteiger partial charge >= 0.3 is 0 Å².